The number of hydrogen-bond acceptors (Lipinski definition) is 2. The summed E-state index contributed by atoms with van der Waals surface area (Å²) in [6.45, 7) is 8.68. The van der Waals surface area contributed by atoms with Crippen LogP contribution in [0.5, 0.6) is 0 Å². The summed E-state index contributed by atoms with van der Waals surface area (Å²) in [6.07, 6.45) is 0. The Morgan fingerprint density at radius 3 is 2.53 bits per heavy atom. The lowest BCUT2D eigenvalue weighted by molar-refractivity contribution is 0.560. The molecule has 1 N–H and O–H groups in total. The highest BCUT2D eigenvalue weighted by Crippen LogP contribution is 2.23. The fourth-order valence-corrected chi connectivity index (χ4v) is 1.77. The lowest BCUT2D eigenvalue weighted by Crippen LogP contribution is -2.21. The Morgan fingerprint density at radius 1 is 1.06 bits per heavy atom. The zero-order chi connectivity index (χ0) is 12.4. The normalized spacial score (nSPS) is 13.0. The molecule has 1 unspecified atom stereocenters. The van der Waals surface area contributed by atoms with Crippen LogP contribution in [0.25, 0.3) is 10.9 Å². The van der Waals surface area contributed by atoms with Gasteiger partial charge in [0.25, 0.3) is 0 Å². The fourth-order valence-electron chi connectivity index (χ4n) is 1.77. The highest BCUT2D eigenvalue weighted by molar-refractivity contribution is 5.90. The number of nitrogens with one attached hydrogen (secondary N) is 1. The zero-order valence-electron chi connectivity index (χ0n) is 11.0. The quantitative estimate of drug-likeness (QED) is 0.859. The van der Waals surface area contributed by atoms with Crippen molar-refractivity contribution < 1.29 is 0 Å². The molecule has 2 heteroatoms. The number of anilines is 1. The molecule has 0 amide bonds. The van der Waals surface area contributed by atoms with Crippen LogP contribution in [0, 0.1) is 12.8 Å². The van der Waals surface area contributed by atoms with E-state index in [9.17, 15) is 0 Å². The first-order valence-corrected chi connectivity index (χ1v) is 6.21. The first-order valence-electron chi connectivity index (χ1n) is 6.21. The number of para-hydroxylation sites is 1. The van der Waals surface area contributed by atoms with E-state index >= 15 is 0 Å². The molecule has 2 nitrogen and oxygen atoms in total. The Hall–Kier alpha value is -1.57. The van der Waals surface area contributed by atoms with Crippen molar-refractivity contribution in [3.8, 4) is 0 Å². The lowest BCUT2D eigenvalue weighted by atomic mass is 10.1. The molecule has 0 fully saturated rings. The van der Waals surface area contributed by atoms with E-state index in [1.165, 1.54) is 5.39 Å². The van der Waals surface area contributed by atoms with Crippen molar-refractivity contribution in [1.29, 1.82) is 0 Å². The van der Waals surface area contributed by atoms with E-state index in [-0.39, 0.29) is 0 Å². The molecule has 0 saturated heterocycles. The lowest BCUT2D eigenvalue weighted by Gasteiger charge is -2.19. The molecule has 0 spiro atoms. The van der Waals surface area contributed by atoms with Gasteiger partial charge in [0.15, 0.2) is 0 Å². The summed E-state index contributed by atoms with van der Waals surface area (Å²) >= 11 is 0. The second-order valence-corrected chi connectivity index (χ2v) is 5.01. The van der Waals surface area contributed by atoms with E-state index < -0.39 is 0 Å². The third-order valence-electron chi connectivity index (χ3n) is 3.24. The minimum Gasteiger partial charge on any atom is -0.381 e. The highest BCUT2D eigenvalue weighted by Gasteiger charge is 2.09. The average Bonchev–Trinajstić information content (AvgIpc) is 2.29. The number of aryl methyl sites for hydroxylation is 1. The van der Waals surface area contributed by atoms with Gasteiger partial charge < -0.3 is 5.32 Å². The molecule has 0 aliphatic carbocycles. The van der Waals surface area contributed by atoms with E-state index in [2.05, 4.69) is 61.4 Å². The molecule has 2 aromatic rings. The Kier molecular flexibility index (Phi) is 3.32. The van der Waals surface area contributed by atoms with Crippen molar-refractivity contribution in [2.45, 2.75) is 33.7 Å². The van der Waals surface area contributed by atoms with Crippen molar-refractivity contribution in [2.75, 3.05) is 5.32 Å². The summed E-state index contributed by atoms with van der Waals surface area (Å²) in [5.41, 5.74) is 3.26. The second kappa shape index (κ2) is 4.74. The monoisotopic (exact) mass is 228 g/mol. The van der Waals surface area contributed by atoms with Gasteiger partial charge in [-0.25, -0.2) is 0 Å². The van der Waals surface area contributed by atoms with E-state index in [1.807, 2.05) is 6.92 Å². The van der Waals surface area contributed by atoms with E-state index in [0.29, 0.717) is 12.0 Å². The fraction of sp³-hybridized carbons (Fsp3) is 0.400. The molecule has 1 heterocycles. The summed E-state index contributed by atoms with van der Waals surface area (Å²) in [6, 6.07) is 10.9. The van der Waals surface area contributed by atoms with Crippen LogP contribution >= 0.6 is 0 Å². The van der Waals surface area contributed by atoms with Crippen molar-refractivity contribution in [1.82, 2.24) is 4.98 Å². The smallest absolute Gasteiger partial charge is 0.0936 e. The minimum atomic E-state index is 0.447. The summed E-state index contributed by atoms with van der Waals surface area (Å²) in [5, 5.41) is 4.74. The maximum absolute atomic E-state index is 4.63. The summed E-state index contributed by atoms with van der Waals surface area (Å²) in [5.74, 6) is 0.607. The molecule has 0 bridgehead atoms. The van der Waals surface area contributed by atoms with Gasteiger partial charge in [-0.1, -0.05) is 32.0 Å². The molecule has 0 aliphatic heterocycles. The summed E-state index contributed by atoms with van der Waals surface area (Å²) < 4.78 is 0. The third-order valence-corrected chi connectivity index (χ3v) is 3.24. The maximum Gasteiger partial charge on any atom is 0.0936 e. The number of benzene rings is 1. The van der Waals surface area contributed by atoms with Gasteiger partial charge in [-0.2, -0.15) is 0 Å². The molecule has 1 atom stereocenters. The number of rotatable bonds is 3. The van der Waals surface area contributed by atoms with E-state index in [4.69, 9.17) is 0 Å². The molecule has 0 saturated carbocycles. The SMILES string of the molecule is Cc1ccc2cccc(NC(C)C(C)C)c2n1. The standard InChI is InChI=1S/C15H20N2/c1-10(2)12(4)17-14-7-5-6-13-9-8-11(3)16-15(13)14/h5-10,12,17H,1-4H3. The molecular formula is C15H20N2. The van der Waals surface area contributed by atoms with Crippen LogP contribution in [-0.4, -0.2) is 11.0 Å². The Labute approximate surface area is 103 Å². The average molecular weight is 228 g/mol. The van der Waals surface area contributed by atoms with Crippen LogP contribution in [-0.2, 0) is 0 Å². The largest absolute Gasteiger partial charge is 0.381 e. The van der Waals surface area contributed by atoms with Crippen LogP contribution < -0.4 is 5.32 Å². The van der Waals surface area contributed by atoms with Crippen LogP contribution in [0.4, 0.5) is 5.69 Å². The highest BCUT2D eigenvalue weighted by atomic mass is 14.9. The number of nitrogens with zero attached hydrogens (tertiary/aromatic N) is 1. The number of pyridine rings is 1. The van der Waals surface area contributed by atoms with Gasteiger partial charge in [-0.15, -0.1) is 0 Å². The Bertz CT molecular complexity index is 517. The van der Waals surface area contributed by atoms with Gasteiger partial charge in [0.05, 0.1) is 11.2 Å². The molecule has 2 rings (SSSR count). The molecule has 1 aromatic heterocycles. The van der Waals surface area contributed by atoms with Crippen molar-refractivity contribution in [3.63, 3.8) is 0 Å². The van der Waals surface area contributed by atoms with E-state index in [1.54, 1.807) is 0 Å². The zero-order valence-corrected chi connectivity index (χ0v) is 11.0. The van der Waals surface area contributed by atoms with Crippen molar-refractivity contribution in [2.24, 2.45) is 5.92 Å². The molecular weight excluding hydrogens is 208 g/mol. The van der Waals surface area contributed by atoms with Crippen molar-refractivity contribution in [3.05, 3.63) is 36.0 Å². The first-order chi connectivity index (χ1) is 8.08. The van der Waals surface area contributed by atoms with Crippen LogP contribution in [0.15, 0.2) is 30.3 Å². The van der Waals surface area contributed by atoms with Crippen molar-refractivity contribution >= 4 is 16.6 Å². The van der Waals surface area contributed by atoms with Crippen LogP contribution in [0.1, 0.15) is 26.5 Å². The molecule has 90 valence electrons. The minimum absolute atomic E-state index is 0.447. The van der Waals surface area contributed by atoms with Crippen LogP contribution in [0.3, 0.4) is 0 Å². The Balaban J connectivity index is 2.43. The number of hydrogen-bond donors (Lipinski definition) is 1. The van der Waals surface area contributed by atoms with Gasteiger partial charge in [-0.05, 0) is 31.9 Å². The summed E-state index contributed by atoms with van der Waals surface area (Å²) in [7, 11) is 0. The Morgan fingerprint density at radius 2 is 1.82 bits per heavy atom. The maximum atomic E-state index is 4.63. The van der Waals surface area contributed by atoms with E-state index in [0.717, 1.165) is 16.9 Å². The molecule has 17 heavy (non-hydrogen) atoms. The number of aromatic nitrogens is 1. The van der Waals surface area contributed by atoms with Gasteiger partial charge in [0, 0.05) is 17.1 Å². The third kappa shape index (κ3) is 2.57. The number of fused-ring (bicyclic) bond motifs is 1. The van der Waals surface area contributed by atoms with Gasteiger partial charge >= 0.3 is 0 Å². The molecule has 1 aromatic carbocycles. The van der Waals surface area contributed by atoms with Gasteiger partial charge in [0.1, 0.15) is 0 Å². The second-order valence-electron chi connectivity index (χ2n) is 5.01. The predicted molar refractivity (Wildman–Crippen MR) is 74.4 cm³/mol. The predicted octanol–water partition coefficient (Wildman–Crippen LogP) is 4.00. The summed E-state index contributed by atoms with van der Waals surface area (Å²) in [4.78, 5) is 4.63. The van der Waals surface area contributed by atoms with Crippen LogP contribution in [0.2, 0.25) is 0 Å². The molecule has 0 aliphatic rings. The van der Waals surface area contributed by atoms with Gasteiger partial charge in [-0.3, -0.25) is 4.98 Å². The molecule has 0 radical (unpaired) electrons. The van der Waals surface area contributed by atoms with Gasteiger partial charge in [0.2, 0.25) is 0 Å². The topological polar surface area (TPSA) is 24.9 Å². The first kappa shape index (κ1) is 11.9.